The maximum absolute atomic E-state index is 12.5. The van der Waals surface area contributed by atoms with E-state index in [0.29, 0.717) is 6.54 Å². The standard InChI is InChI=1S/C21H24ClN3O3S/c1-15(2)24-29(27,28)17-8-9-19(22)18(14-17)21(26)23-11-5-12-25-13-10-16-6-3-4-7-20(16)25/h3-4,6-10,13-15,24H,5,11-12H2,1-2H3,(H,23,26). The molecule has 0 atom stereocenters. The summed E-state index contributed by atoms with van der Waals surface area (Å²) >= 11 is 6.13. The van der Waals surface area contributed by atoms with E-state index in [9.17, 15) is 13.2 Å². The van der Waals surface area contributed by atoms with Crippen molar-refractivity contribution in [2.45, 2.75) is 37.8 Å². The molecule has 3 aromatic rings. The molecular weight excluding hydrogens is 410 g/mol. The summed E-state index contributed by atoms with van der Waals surface area (Å²) in [5.41, 5.74) is 1.29. The Morgan fingerprint density at radius 2 is 1.90 bits per heavy atom. The SMILES string of the molecule is CC(C)NS(=O)(=O)c1ccc(Cl)c(C(=O)NCCCn2ccc3ccccc32)c1. The lowest BCUT2D eigenvalue weighted by Gasteiger charge is -2.12. The highest BCUT2D eigenvalue weighted by molar-refractivity contribution is 7.89. The molecule has 0 radical (unpaired) electrons. The van der Waals surface area contributed by atoms with Crippen LogP contribution in [0.15, 0.2) is 59.6 Å². The summed E-state index contributed by atoms with van der Waals surface area (Å²) in [4.78, 5) is 12.5. The number of sulfonamides is 1. The molecule has 2 N–H and O–H groups in total. The monoisotopic (exact) mass is 433 g/mol. The molecule has 0 spiro atoms. The Balaban J connectivity index is 1.62. The third-order valence-electron chi connectivity index (χ3n) is 4.43. The zero-order chi connectivity index (χ0) is 21.0. The van der Waals surface area contributed by atoms with Gasteiger partial charge < -0.3 is 9.88 Å². The highest BCUT2D eigenvalue weighted by Gasteiger charge is 2.19. The summed E-state index contributed by atoms with van der Waals surface area (Å²) in [6.45, 7) is 4.67. The first-order chi connectivity index (χ1) is 13.8. The molecule has 1 aromatic heterocycles. The molecule has 3 rings (SSSR count). The number of rotatable bonds is 8. The quantitative estimate of drug-likeness (QED) is 0.530. The lowest BCUT2D eigenvalue weighted by Crippen LogP contribution is -2.31. The number of aryl methyl sites for hydroxylation is 1. The van der Waals surface area contributed by atoms with Gasteiger partial charge in [0.2, 0.25) is 10.0 Å². The normalized spacial score (nSPS) is 11.9. The summed E-state index contributed by atoms with van der Waals surface area (Å²) in [5.74, 6) is -0.394. The van der Waals surface area contributed by atoms with Gasteiger partial charge in [0.1, 0.15) is 0 Å². The number of benzene rings is 2. The number of fused-ring (bicyclic) bond motifs is 1. The molecule has 1 amide bonds. The van der Waals surface area contributed by atoms with E-state index in [1.54, 1.807) is 13.8 Å². The Hall–Kier alpha value is -2.35. The van der Waals surface area contributed by atoms with Crippen LogP contribution in [0.3, 0.4) is 0 Å². The fourth-order valence-corrected chi connectivity index (χ4v) is 4.59. The van der Waals surface area contributed by atoms with Gasteiger partial charge in [-0.3, -0.25) is 4.79 Å². The minimum absolute atomic E-state index is 0.0135. The highest BCUT2D eigenvalue weighted by atomic mass is 35.5. The highest BCUT2D eigenvalue weighted by Crippen LogP contribution is 2.21. The number of hydrogen-bond donors (Lipinski definition) is 2. The lowest BCUT2D eigenvalue weighted by atomic mass is 10.2. The molecule has 2 aromatic carbocycles. The second-order valence-electron chi connectivity index (χ2n) is 7.10. The molecule has 0 saturated carbocycles. The predicted octanol–water partition coefficient (Wildman–Crippen LogP) is 3.80. The van der Waals surface area contributed by atoms with Crippen molar-refractivity contribution < 1.29 is 13.2 Å². The van der Waals surface area contributed by atoms with Crippen LogP contribution < -0.4 is 10.0 Å². The third-order valence-corrected chi connectivity index (χ3v) is 6.41. The van der Waals surface area contributed by atoms with E-state index < -0.39 is 15.9 Å². The van der Waals surface area contributed by atoms with Crippen molar-refractivity contribution in [3.8, 4) is 0 Å². The number of carbonyl (C=O) groups excluding carboxylic acids is 1. The molecule has 0 bridgehead atoms. The van der Waals surface area contributed by atoms with Crippen molar-refractivity contribution in [2.24, 2.45) is 0 Å². The minimum atomic E-state index is -3.70. The van der Waals surface area contributed by atoms with Gasteiger partial charge in [0.25, 0.3) is 5.91 Å². The Kier molecular flexibility index (Phi) is 6.62. The van der Waals surface area contributed by atoms with Crippen LogP contribution in [-0.4, -0.2) is 31.5 Å². The second-order valence-corrected chi connectivity index (χ2v) is 9.22. The van der Waals surface area contributed by atoms with E-state index in [0.717, 1.165) is 18.5 Å². The van der Waals surface area contributed by atoms with Crippen LogP contribution in [0.4, 0.5) is 0 Å². The maximum Gasteiger partial charge on any atom is 0.252 e. The molecule has 6 nitrogen and oxygen atoms in total. The molecule has 1 heterocycles. The number of para-hydroxylation sites is 1. The molecule has 0 unspecified atom stereocenters. The average Bonchev–Trinajstić information content (AvgIpc) is 3.07. The Labute approximate surface area is 175 Å². The average molecular weight is 434 g/mol. The number of amides is 1. The summed E-state index contributed by atoms with van der Waals surface area (Å²) in [6.07, 6.45) is 2.76. The van der Waals surface area contributed by atoms with E-state index in [1.165, 1.54) is 23.6 Å². The first kappa shape index (κ1) is 21.4. The Morgan fingerprint density at radius 1 is 1.14 bits per heavy atom. The van der Waals surface area contributed by atoms with Crippen LogP contribution in [0.5, 0.6) is 0 Å². The predicted molar refractivity (Wildman–Crippen MR) is 116 cm³/mol. The molecule has 8 heteroatoms. The Bertz CT molecular complexity index is 1120. The second kappa shape index (κ2) is 8.98. The van der Waals surface area contributed by atoms with E-state index in [1.807, 2.05) is 18.3 Å². The van der Waals surface area contributed by atoms with Crippen LogP contribution in [0.2, 0.25) is 5.02 Å². The fourth-order valence-electron chi connectivity index (χ4n) is 3.11. The zero-order valence-corrected chi connectivity index (χ0v) is 17.9. The number of nitrogens with one attached hydrogen (secondary N) is 2. The fraction of sp³-hybridized carbons (Fsp3) is 0.286. The van der Waals surface area contributed by atoms with Crippen LogP contribution in [0.25, 0.3) is 10.9 Å². The van der Waals surface area contributed by atoms with Gasteiger partial charge in [-0.25, -0.2) is 13.1 Å². The van der Waals surface area contributed by atoms with Gasteiger partial charge in [0.05, 0.1) is 15.5 Å². The number of carbonyl (C=O) groups is 1. The van der Waals surface area contributed by atoms with E-state index >= 15 is 0 Å². The van der Waals surface area contributed by atoms with Gasteiger partial charge >= 0.3 is 0 Å². The molecule has 154 valence electrons. The summed E-state index contributed by atoms with van der Waals surface area (Å²) < 4.78 is 29.3. The first-order valence-corrected chi connectivity index (χ1v) is 11.3. The third kappa shape index (κ3) is 5.18. The lowest BCUT2D eigenvalue weighted by molar-refractivity contribution is 0.0952. The summed E-state index contributed by atoms with van der Waals surface area (Å²) in [6, 6.07) is 14.1. The summed E-state index contributed by atoms with van der Waals surface area (Å²) in [5, 5.41) is 4.21. The van der Waals surface area contributed by atoms with Crippen LogP contribution >= 0.6 is 11.6 Å². The molecule has 0 aliphatic heterocycles. The van der Waals surface area contributed by atoms with Gasteiger partial charge in [-0.1, -0.05) is 29.8 Å². The van der Waals surface area contributed by atoms with Crippen molar-refractivity contribution in [3.05, 3.63) is 65.3 Å². The van der Waals surface area contributed by atoms with Crippen LogP contribution in [0, 0.1) is 0 Å². The largest absolute Gasteiger partial charge is 0.352 e. The van der Waals surface area contributed by atoms with E-state index in [4.69, 9.17) is 11.6 Å². The molecular formula is C21H24ClN3O3S. The van der Waals surface area contributed by atoms with Gasteiger partial charge in [-0.05, 0) is 56.0 Å². The molecule has 0 fully saturated rings. The topological polar surface area (TPSA) is 80.2 Å². The maximum atomic E-state index is 12.5. The van der Waals surface area contributed by atoms with Crippen molar-refractivity contribution in [1.82, 2.24) is 14.6 Å². The van der Waals surface area contributed by atoms with E-state index in [-0.39, 0.29) is 21.5 Å². The van der Waals surface area contributed by atoms with Crippen LogP contribution in [-0.2, 0) is 16.6 Å². The molecule has 0 aliphatic rings. The van der Waals surface area contributed by atoms with Crippen molar-refractivity contribution >= 4 is 38.4 Å². The van der Waals surface area contributed by atoms with Crippen LogP contribution in [0.1, 0.15) is 30.6 Å². The zero-order valence-electron chi connectivity index (χ0n) is 16.4. The molecule has 0 aliphatic carbocycles. The summed E-state index contributed by atoms with van der Waals surface area (Å²) in [7, 11) is -3.70. The van der Waals surface area contributed by atoms with Gasteiger partial charge in [0.15, 0.2) is 0 Å². The van der Waals surface area contributed by atoms with Gasteiger partial charge in [0, 0.05) is 30.8 Å². The first-order valence-electron chi connectivity index (χ1n) is 9.42. The number of halogens is 1. The van der Waals surface area contributed by atoms with Crippen molar-refractivity contribution in [3.63, 3.8) is 0 Å². The number of aromatic nitrogens is 1. The van der Waals surface area contributed by atoms with Gasteiger partial charge in [-0.2, -0.15) is 0 Å². The Morgan fingerprint density at radius 3 is 2.66 bits per heavy atom. The van der Waals surface area contributed by atoms with Crippen molar-refractivity contribution in [1.29, 1.82) is 0 Å². The van der Waals surface area contributed by atoms with E-state index in [2.05, 4.69) is 32.8 Å². The molecule has 29 heavy (non-hydrogen) atoms. The van der Waals surface area contributed by atoms with Gasteiger partial charge in [-0.15, -0.1) is 0 Å². The smallest absolute Gasteiger partial charge is 0.252 e. The number of nitrogens with zero attached hydrogens (tertiary/aromatic N) is 1. The number of hydrogen-bond acceptors (Lipinski definition) is 3. The molecule has 0 saturated heterocycles. The van der Waals surface area contributed by atoms with Crippen molar-refractivity contribution in [2.75, 3.05) is 6.54 Å². The minimum Gasteiger partial charge on any atom is -0.352 e.